The van der Waals surface area contributed by atoms with E-state index in [-0.39, 0.29) is 24.8 Å². The summed E-state index contributed by atoms with van der Waals surface area (Å²) in [5.74, 6) is -1.07. The second kappa shape index (κ2) is 8.98. The molecule has 1 fully saturated rings. The fourth-order valence-corrected chi connectivity index (χ4v) is 4.25. The smallest absolute Gasteiger partial charge is 0.305 e. The number of amides is 1. The van der Waals surface area contributed by atoms with Gasteiger partial charge in [0.15, 0.2) is 0 Å². The maximum atomic E-state index is 13.6. The van der Waals surface area contributed by atoms with Crippen molar-refractivity contribution in [2.75, 3.05) is 24.7 Å². The number of ether oxygens (including phenoxy) is 1. The number of fused-ring (bicyclic) bond motifs is 1. The van der Waals surface area contributed by atoms with Crippen LogP contribution in [0.1, 0.15) is 30.4 Å². The molecule has 0 saturated carbocycles. The van der Waals surface area contributed by atoms with Crippen LogP contribution in [0.4, 0.5) is 5.69 Å². The van der Waals surface area contributed by atoms with Crippen LogP contribution >= 0.6 is 11.6 Å². The van der Waals surface area contributed by atoms with Crippen molar-refractivity contribution in [3.63, 3.8) is 0 Å². The number of carboxylic acids is 1. The van der Waals surface area contributed by atoms with Crippen LogP contribution in [0.3, 0.4) is 0 Å². The van der Waals surface area contributed by atoms with Crippen LogP contribution in [0, 0.1) is 5.92 Å². The summed E-state index contributed by atoms with van der Waals surface area (Å²) in [5.41, 5.74) is 2.98. The van der Waals surface area contributed by atoms with Gasteiger partial charge in [0.25, 0.3) is 5.91 Å². The van der Waals surface area contributed by atoms with Crippen LogP contribution in [0.25, 0.3) is 0 Å². The number of carboxylic acid groups (broad SMARTS) is 1. The largest absolute Gasteiger partial charge is 0.481 e. The van der Waals surface area contributed by atoms with E-state index in [1.54, 1.807) is 23.1 Å². The molecule has 0 aliphatic carbocycles. The van der Waals surface area contributed by atoms with Crippen molar-refractivity contribution in [1.82, 2.24) is 0 Å². The highest BCUT2D eigenvalue weighted by Crippen LogP contribution is 2.34. The Balaban J connectivity index is 1.87. The van der Waals surface area contributed by atoms with Crippen molar-refractivity contribution in [2.45, 2.75) is 25.3 Å². The van der Waals surface area contributed by atoms with Gasteiger partial charge in [-0.3, -0.25) is 14.6 Å². The minimum Gasteiger partial charge on any atom is -0.481 e. The number of benzene rings is 2. The molecule has 2 heterocycles. The van der Waals surface area contributed by atoms with Crippen molar-refractivity contribution in [3.8, 4) is 0 Å². The second-order valence-electron chi connectivity index (χ2n) is 7.53. The molecule has 1 amide bonds. The standard InChI is InChI=1S/C23H23ClN2O4/c24-17-6-7-19-18(14-17)21(15-4-2-1-3-5-15)25-22(16-9-12-30-13-10-16)23(29)26(19)11-8-20(27)28/h1-7,14,16,22H,8-13H2,(H,27,28). The molecule has 1 unspecified atom stereocenters. The third kappa shape index (κ3) is 4.25. The molecule has 0 radical (unpaired) electrons. The predicted octanol–water partition coefficient (Wildman–Crippen LogP) is 3.79. The van der Waals surface area contributed by atoms with Crippen molar-refractivity contribution in [2.24, 2.45) is 10.9 Å². The van der Waals surface area contributed by atoms with Crippen molar-refractivity contribution >= 4 is 34.9 Å². The molecule has 0 spiro atoms. The van der Waals surface area contributed by atoms with Crippen molar-refractivity contribution in [3.05, 3.63) is 64.7 Å². The van der Waals surface area contributed by atoms with E-state index in [2.05, 4.69) is 0 Å². The Labute approximate surface area is 180 Å². The number of nitrogens with zero attached hydrogens (tertiary/aromatic N) is 2. The zero-order chi connectivity index (χ0) is 21.1. The zero-order valence-electron chi connectivity index (χ0n) is 16.5. The third-order valence-electron chi connectivity index (χ3n) is 5.60. The average Bonchev–Trinajstić information content (AvgIpc) is 2.87. The number of hydrogen-bond acceptors (Lipinski definition) is 4. The maximum absolute atomic E-state index is 13.6. The summed E-state index contributed by atoms with van der Waals surface area (Å²) in [6, 6.07) is 14.4. The van der Waals surface area contributed by atoms with Gasteiger partial charge in [0.05, 0.1) is 17.8 Å². The van der Waals surface area contributed by atoms with Gasteiger partial charge in [-0.25, -0.2) is 0 Å². The van der Waals surface area contributed by atoms with Gasteiger partial charge in [-0.05, 0) is 37.0 Å². The molecular formula is C23H23ClN2O4. The van der Waals surface area contributed by atoms with Crippen LogP contribution in [0.15, 0.2) is 53.5 Å². The number of anilines is 1. The van der Waals surface area contributed by atoms with Crippen molar-refractivity contribution in [1.29, 1.82) is 0 Å². The van der Waals surface area contributed by atoms with Crippen LogP contribution < -0.4 is 4.90 Å². The van der Waals surface area contributed by atoms with E-state index in [0.29, 0.717) is 29.6 Å². The quantitative estimate of drug-likeness (QED) is 0.788. The summed E-state index contributed by atoms with van der Waals surface area (Å²) in [5, 5.41) is 9.77. The van der Waals surface area contributed by atoms with E-state index < -0.39 is 12.0 Å². The van der Waals surface area contributed by atoms with Gasteiger partial charge < -0.3 is 14.7 Å². The van der Waals surface area contributed by atoms with Gasteiger partial charge in [0.2, 0.25) is 0 Å². The molecule has 7 heteroatoms. The molecule has 0 bridgehead atoms. The number of carbonyl (C=O) groups is 2. The van der Waals surface area contributed by atoms with Crippen LogP contribution in [0.5, 0.6) is 0 Å². The number of benzodiazepines with no additional fused rings is 1. The Morgan fingerprint density at radius 2 is 1.90 bits per heavy atom. The second-order valence-corrected chi connectivity index (χ2v) is 7.97. The zero-order valence-corrected chi connectivity index (χ0v) is 17.2. The minimum atomic E-state index is -0.950. The first-order chi connectivity index (χ1) is 14.5. The number of hydrogen-bond donors (Lipinski definition) is 1. The molecular weight excluding hydrogens is 404 g/mol. The summed E-state index contributed by atoms with van der Waals surface area (Å²) in [6.45, 7) is 1.27. The number of rotatable bonds is 5. The lowest BCUT2D eigenvalue weighted by Gasteiger charge is -2.30. The monoisotopic (exact) mass is 426 g/mol. The van der Waals surface area contributed by atoms with Crippen LogP contribution in [-0.4, -0.2) is 48.5 Å². The molecule has 2 aromatic rings. The topological polar surface area (TPSA) is 79.2 Å². The van der Waals surface area contributed by atoms with Gasteiger partial charge in [-0.1, -0.05) is 41.9 Å². The van der Waals surface area contributed by atoms with E-state index in [4.69, 9.17) is 21.3 Å². The minimum absolute atomic E-state index is 0.0436. The lowest BCUT2D eigenvalue weighted by atomic mass is 9.91. The predicted molar refractivity (Wildman–Crippen MR) is 115 cm³/mol. The Kier molecular flexibility index (Phi) is 6.16. The number of aliphatic imine (C=N–C) groups is 1. The summed E-state index contributed by atoms with van der Waals surface area (Å²) in [6.07, 6.45) is 1.34. The third-order valence-corrected chi connectivity index (χ3v) is 5.84. The van der Waals surface area contributed by atoms with Gasteiger partial charge in [0.1, 0.15) is 6.04 Å². The Morgan fingerprint density at radius 1 is 1.17 bits per heavy atom. The molecule has 30 heavy (non-hydrogen) atoms. The SMILES string of the molecule is O=C(O)CCN1C(=O)C(C2CCOCC2)N=C(c2ccccc2)c2cc(Cl)ccc21. The molecule has 156 valence electrons. The highest BCUT2D eigenvalue weighted by molar-refractivity contribution is 6.32. The van der Waals surface area contributed by atoms with E-state index in [9.17, 15) is 14.7 Å². The first-order valence-electron chi connectivity index (χ1n) is 10.1. The lowest BCUT2D eigenvalue weighted by Crippen LogP contribution is -2.43. The molecule has 2 aliphatic rings. The van der Waals surface area contributed by atoms with Crippen LogP contribution in [-0.2, 0) is 14.3 Å². The van der Waals surface area contributed by atoms with E-state index in [0.717, 1.165) is 24.0 Å². The fourth-order valence-electron chi connectivity index (χ4n) is 4.08. The summed E-state index contributed by atoms with van der Waals surface area (Å²) >= 11 is 6.31. The van der Waals surface area contributed by atoms with Gasteiger partial charge in [-0.15, -0.1) is 0 Å². The Morgan fingerprint density at radius 3 is 2.60 bits per heavy atom. The highest BCUT2D eigenvalue weighted by Gasteiger charge is 2.37. The molecule has 2 aliphatic heterocycles. The van der Waals surface area contributed by atoms with E-state index >= 15 is 0 Å². The summed E-state index contributed by atoms with van der Waals surface area (Å²) < 4.78 is 5.48. The van der Waals surface area contributed by atoms with Crippen molar-refractivity contribution < 1.29 is 19.4 Å². The molecule has 0 aromatic heterocycles. The normalized spacial score (nSPS) is 19.8. The number of halogens is 1. The maximum Gasteiger partial charge on any atom is 0.305 e. The Hall–Kier alpha value is -2.70. The average molecular weight is 427 g/mol. The van der Waals surface area contributed by atoms with Crippen LogP contribution in [0.2, 0.25) is 5.02 Å². The lowest BCUT2D eigenvalue weighted by molar-refractivity contribution is -0.136. The molecule has 1 saturated heterocycles. The number of carbonyl (C=O) groups excluding carboxylic acids is 1. The fraction of sp³-hybridized carbons (Fsp3) is 0.348. The molecule has 1 N–H and O–H groups in total. The molecule has 2 aromatic carbocycles. The first kappa shape index (κ1) is 20.6. The summed E-state index contributed by atoms with van der Waals surface area (Å²) in [7, 11) is 0. The molecule has 4 rings (SSSR count). The highest BCUT2D eigenvalue weighted by atomic mass is 35.5. The Bertz CT molecular complexity index is 970. The summed E-state index contributed by atoms with van der Waals surface area (Å²) in [4.78, 5) is 31.4. The first-order valence-corrected chi connectivity index (χ1v) is 10.5. The number of aliphatic carboxylic acids is 1. The molecule has 6 nitrogen and oxygen atoms in total. The van der Waals surface area contributed by atoms with E-state index in [1.165, 1.54) is 0 Å². The van der Waals surface area contributed by atoms with E-state index in [1.807, 2.05) is 30.3 Å². The van der Waals surface area contributed by atoms with Gasteiger partial charge in [-0.2, -0.15) is 0 Å². The molecule has 1 atom stereocenters. The van der Waals surface area contributed by atoms with Gasteiger partial charge in [0, 0.05) is 35.9 Å². The van der Waals surface area contributed by atoms with Gasteiger partial charge >= 0.3 is 5.97 Å².